The molecule has 4 nitrogen and oxygen atoms in total. The van der Waals surface area contributed by atoms with Gasteiger partial charge in [0.1, 0.15) is 0 Å². The van der Waals surface area contributed by atoms with Gasteiger partial charge in [-0.3, -0.25) is 9.58 Å². The van der Waals surface area contributed by atoms with Crippen LogP contribution in [0.25, 0.3) is 0 Å². The predicted molar refractivity (Wildman–Crippen MR) is 62.7 cm³/mol. The summed E-state index contributed by atoms with van der Waals surface area (Å²) >= 11 is 0. The van der Waals surface area contributed by atoms with Crippen molar-refractivity contribution in [3.05, 3.63) is 17.0 Å². The first-order chi connectivity index (χ1) is 7.10. The maximum atomic E-state index is 5.58. The summed E-state index contributed by atoms with van der Waals surface area (Å²) in [6.45, 7) is 10.0. The third-order valence-electron chi connectivity index (χ3n) is 2.93. The maximum Gasteiger partial charge on any atom is 0.0641 e. The minimum absolute atomic E-state index is 0.714. The van der Waals surface area contributed by atoms with Gasteiger partial charge in [-0.2, -0.15) is 5.10 Å². The largest absolute Gasteiger partial charge is 0.329 e. The van der Waals surface area contributed by atoms with Gasteiger partial charge in [-0.15, -0.1) is 0 Å². The van der Waals surface area contributed by atoms with Crippen molar-refractivity contribution in [2.45, 2.75) is 27.3 Å². The first-order valence-corrected chi connectivity index (χ1v) is 5.51. The summed E-state index contributed by atoms with van der Waals surface area (Å²) in [7, 11) is 1.99. The summed E-state index contributed by atoms with van der Waals surface area (Å²) in [4.78, 5) is 2.34. The van der Waals surface area contributed by atoms with Crippen LogP contribution in [-0.2, 0) is 13.6 Å². The second-order valence-electron chi connectivity index (χ2n) is 3.93. The molecule has 0 aromatic carbocycles. The minimum Gasteiger partial charge on any atom is -0.329 e. The first kappa shape index (κ1) is 12.2. The second kappa shape index (κ2) is 5.28. The van der Waals surface area contributed by atoms with Crippen molar-refractivity contribution in [1.29, 1.82) is 0 Å². The normalized spacial score (nSPS) is 11.3. The average Bonchev–Trinajstić information content (AvgIpc) is 2.44. The molecule has 0 saturated carbocycles. The highest BCUT2D eigenvalue weighted by atomic mass is 15.3. The summed E-state index contributed by atoms with van der Waals surface area (Å²) in [5.74, 6) is 0. The average molecular weight is 210 g/mol. The van der Waals surface area contributed by atoms with Gasteiger partial charge in [0, 0.05) is 37.9 Å². The molecule has 0 radical (unpaired) electrons. The Morgan fingerprint density at radius 2 is 2.07 bits per heavy atom. The summed E-state index contributed by atoms with van der Waals surface area (Å²) < 4.78 is 1.95. The lowest BCUT2D eigenvalue weighted by atomic mass is 10.2. The van der Waals surface area contributed by atoms with Crippen LogP contribution in [0.4, 0.5) is 0 Å². The Balaban J connectivity index is 2.78. The molecule has 1 aromatic heterocycles. The van der Waals surface area contributed by atoms with E-state index >= 15 is 0 Å². The van der Waals surface area contributed by atoms with Gasteiger partial charge in [0.15, 0.2) is 0 Å². The van der Waals surface area contributed by atoms with E-state index in [2.05, 4.69) is 30.8 Å². The fourth-order valence-electron chi connectivity index (χ4n) is 1.80. The molecule has 15 heavy (non-hydrogen) atoms. The third kappa shape index (κ3) is 2.79. The zero-order valence-electron chi connectivity index (χ0n) is 10.2. The van der Waals surface area contributed by atoms with Crippen molar-refractivity contribution in [3.8, 4) is 0 Å². The fourth-order valence-corrected chi connectivity index (χ4v) is 1.80. The summed E-state index contributed by atoms with van der Waals surface area (Å²) in [5, 5.41) is 4.42. The topological polar surface area (TPSA) is 47.1 Å². The van der Waals surface area contributed by atoms with Gasteiger partial charge in [-0.25, -0.2) is 0 Å². The molecule has 1 heterocycles. The highest BCUT2D eigenvalue weighted by molar-refractivity contribution is 5.24. The van der Waals surface area contributed by atoms with E-state index in [0.717, 1.165) is 25.3 Å². The highest BCUT2D eigenvalue weighted by Gasteiger charge is 2.12. The number of aryl methyl sites for hydroxylation is 2. The molecule has 0 aliphatic rings. The summed E-state index contributed by atoms with van der Waals surface area (Å²) in [5.41, 5.74) is 9.30. The molecule has 0 saturated heterocycles. The molecule has 0 aliphatic heterocycles. The third-order valence-corrected chi connectivity index (χ3v) is 2.93. The van der Waals surface area contributed by atoms with E-state index in [0.29, 0.717) is 6.54 Å². The number of likely N-dealkylation sites (N-methyl/N-ethyl adjacent to an activating group) is 1. The van der Waals surface area contributed by atoms with E-state index in [1.165, 1.54) is 11.3 Å². The van der Waals surface area contributed by atoms with E-state index in [9.17, 15) is 0 Å². The zero-order chi connectivity index (χ0) is 11.4. The molecule has 0 unspecified atom stereocenters. The lowest BCUT2D eigenvalue weighted by Crippen LogP contribution is -2.29. The van der Waals surface area contributed by atoms with Gasteiger partial charge >= 0.3 is 0 Å². The maximum absolute atomic E-state index is 5.58. The quantitative estimate of drug-likeness (QED) is 0.782. The van der Waals surface area contributed by atoms with Crippen LogP contribution in [0, 0.1) is 13.8 Å². The standard InChI is InChI=1S/C11H22N4/c1-5-15(7-6-12)8-11-9(2)13-14(4)10(11)3/h5-8,12H2,1-4H3. The molecular weight excluding hydrogens is 188 g/mol. The molecule has 2 N–H and O–H groups in total. The van der Waals surface area contributed by atoms with Gasteiger partial charge in [-0.05, 0) is 20.4 Å². The van der Waals surface area contributed by atoms with Gasteiger partial charge < -0.3 is 5.73 Å². The smallest absolute Gasteiger partial charge is 0.0641 e. The number of hydrogen-bond acceptors (Lipinski definition) is 3. The van der Waals surface area contributed by atoms with Gasteiger partial charge in [-0.1, -0.05) is 6.92 Å². The number of rotatable bonds is 5. The van der Waals surface area contributed by atoms with Gasteiger partial charge in [0.05, 0.1) is 5.69 Å². The van der Waals surface area contributed by atoms with Crippen molar-refractivity contribution < 1.29 is 0 Å². The summed E-state index contributed by atoms with van der Waals surface area (Å²) in [6.07, 6.45) is 0. The SMILES string of the molecule is CCN(CCN)Cc1c(C)nn(C)c1C. The molecular formula is C11H22N4. The predicted octanol–water partition coefficient (Wildman–Crippen LogP) is 0.818. The molecule has 86 valence electrons. The van der Waals surface area contributed by atoms with Gasteiger partial charge in [0.25, 0.3) is 0 Å². The van der Waals surface area contributed by atoms with E-state index < -0.39 is 0 Å². The number of nitrogens with zero attached hydrogens (tertiary/aromatic N) is 3. The first-order valence-electron chi connectivity index (χ1n) is 5.51. The Morgan fingerprint density at radius 3 is 2.47 bits per heavy atom. The monoisotopic (exact) mass is 210 g/mol. The van der Waals surface area contributed by atoms with Crippen LogP contribution < -0.4 is 5.73 Å². The Bertz CT molecular complexity index is 317. The van der Waals surface area contributed by atoms with Crippen molar-refractivity contribution in [2.75, 3.05) is 19.6 Å². The molecule has 1 rings (SSSR count). The lowest BCUT2D eigenvalue weighted by Gasteiger charge is -2.19. The second-order valence-corrected chi connectivity index (χ2v) is 3.93. The molecule has 1 aromatic rings. The van der Waals surface area contributed by atoms with E-state index in [1.54, 1.807) is 0 Å². The number of aromatic nitrogens is 2. The van der Waals surface area contributed by atoms with E-state index in [4.69, 9.17) is 5.73 Å². The molecule has 0 fully saturated rings. The Morgan fingerprint density at radius 1 is 1.40 bits per heavy atom. The van der Waals surface area contributed by atoms with Crippen molar-refractivity contribution >= 4 is 0 Å². The fraction of sp³-hybridized carbons (Fsp3) is 0.727. The van der Waals surface area contributed by atoms with Gasteiger partial charge in [0.2, 0.25) is 0 Å². The summed E-state index contributed by atoms with van der Waals surface area (Å²) in [6, 6.07) is 0. The van der Waals surface area contributed by atoms with Crippen molar-refractivity contribution in [1.82, 2.24) is 14.7 Å². The Labute approximate surface area is 92.1 Å². The molecule has 0 amide bonds. The molecule has 0 bridgehead atoms. The van der Waals surface area contributed by atoms with Crippen LogP contribution in [0.15, 0.2) is 0 Å². The Kier molecular flexibility index (Phi) is 4.29. The van der Waals surface area contributed by atoms with E-state index in [1.807, 2.05) is 11.7 Å². The minimum atomic E-state index is 0.714. The van der Waals surface area contributed by atoms with E-state index in [-0.39, 0.29) is 0 Å². The lowest BCUT2D eigenvalue weighted by molar-refractivity contribution is 0.287. The van der Waals surface area contributed by atoms with Crippen LogP contribution in [0.2, 0.25) is 0 Å². The van der Waals surface area contributed by atoms with Crippen LogP contribution >= 0.6 is 0 Å². The zero-order valence-corrected chi connectivity index (χ0v) is 10.2. The highest BCUT2D eigenvalue weighted by Crippen LogP contribution is 2.14. The number of hydrogen-bond donors (Lipinski definition) is 1. The van der Waals surface area contributed by atoms with Crippen LogP contribution in [0.1, 0.15) is 23.9 Å². The Hall–Kier alpha value is -0.870. The molecule has 0 aliphatic carbocycles. The molecule has 0 spiro atoms. The molecule has 0 atom stereocenters. The number of nitrogens with two attached hydrogens (primary N) is 1. The van der Waals surface area contributed by atoms with Crippen LogP contribution in [0.5, 0.6) is 0 Å². The van der Waals surface area contributed by atoms with Crippen molar-refractivity contribution in [3.63, 3.8) is 0 Å². The molecule has 4 heteroatoms. The van der Waals surface area contributed by atoms with Crippen LogP contribution in [-0.4, -0.2) is 34.3 Å². The van der Waals surface area contributed by atoms with Crippen molar-refractivity contribution in [2.24, 2.45) is 12.8 Å². The van der Waals surface area contributed by atoms with Crippen LogP contribution in [0.3, 0.4) is 0 Å².